The van der Waals surface area contributed by atoms with Crippen molar-refractivity contribution < 1.29 is 19.0 Å². The van der Waals surface area contributed by atoms with E-state index in [1.54, 1.807) is 37.4 Å². The Balaban J connectivity index is 1.90. The summed E-state index contributed by atoms with van der Waals surface area (Å²) >= 11 is 0. The van der Waals surface area contributed by atoms with Crippen molar-refractivity contribution >= 4 is 5.97 Å². The number of rotatable bonds is 2. The van der Waals surface area contributed by atoms with E-state index >= 15 is 0 Å². The monoisotopic (exact) mass is 256 g/mol. The molecule has 0 amide bonds. The second-order valence-electron chi connectivity index (χ2n) is 4.12. The predicted octanol–water partition coefficient (Wildman–Crippen LogP) is 2.94. The average molecular weight is 256 g/mol. The van der Waals surface area contributed by atoms with E-state index < -0.39 is 6.29 Å². The van der Waals surface area contributed by atoms with Gasteiger partial charge in [-0.15, -0.1) is 0 Å². The number of benzene rings is 2. The van der Waals surface area contributed by atoms with Crippen LogP contribution in [0.2, 0.25) is 0 Å². The Labute approximate surface area is 110 Å². The summed E-state index contributed by atoms with van der Waals surface area (Å²) in [6.07, 6.45) is -0.715. The predicted molar refractivity (Wildman–Crippen MR) is 68.2 cm³/mol. The summed E-state index contributed by atoms with van der Waals surface area (Å²) in [5, 5.41) is 0. The molecule has 1 atom stereocenters. The molecule has 1 aliphatic heterocycles. The zero-order valence-corrected chi connectivity index (χ0v) is 10.3. The van der Waals surface area contributed by atoms with Crippen LogP contribution in [0.3, 0.4) is 0 Å². The molecule has 0 bridgehead atoms. The zero-order valence-electron chi connectivity index (χ0n) is 10.3. The van der Waals surface area contributed by atoms with Crippen LogP contribution >= 0.6 is 0 Å². The van der Waals surface area contributed by atoms with Gasteiger partial charge in [0.1, 0.15) is 17.1 Å². The summed E-state index contributed by atoms with van der Waals surface area (Å²) in [7, 11) is 1.60. The van der Waals surface area contributed by atoms with Crippen LogP contribution in [0.25, 0.3) is 0 Å². The van der Waals surface area contributed by atoms with Crippen LogP contribution in [-0.4, -0.2) is 13.1 Å². The molecule has 19 heavy (non-hydrogen) atoms. The van der Waals surface area contributed by atoms with Crippen molar-refractivity contribution in [2.24, 2.45) is 0 Å². The lowest BCUT2D eigenvalue weighted by molar-refractivity contribution is -0.0624. The molecule has 0 radical (unpaired) electrons. The quantitative estimate of drug-likeness (QED) is 0.775. The molecule has 0 spiro atoms. The molecule has 1 unspecified atom stereocenters. The van der Waals surface area contributed by atoms with Gasteiger partial charge in [-0.3, -0.25) is 0 Å². The van der Waals surface area contributed by atoms with E-state index in [2.05, 4.69) is 0 Å². The minimum Gasteiger partial charge on any atom is -0.497 e. The topological polar surface area (TPSA) is 44.8 Å². The van der Waals surface area contributed by atoms with Crippen molar-refractivity contribution in [1.29, 1.82) is 0 Å². The second-order valence-corrected chi connectivity index (χ2v) is 4.12. The van der Waals surface area contributed by atoms with Crippen LogP contribution in [0.1, 0.15) is 22.2 Å². The van der Waals surface area contributed by atoms with Crippen molar-refractivity contribution in [3.8, 4) is 11.5 Å². The van der Waals surface area contributed by atoms with Gasteiger partial charge in [0.05, 0.1) is 7.11 Å². The molecule has 0 fully saturated rings. The van der Waals surface area contributed by atoms with E-state index in [0.717, 1.165) is 11.3 Å². The summed E-state index contributed by atoms with van der Waals surface area (Å²) in [6.45, 7) is 0. The number of hydrogen-bond acceptors (Lipinski definition) is 4. The molecule has 0 saturated carbocycles. The second kappa shape index (κ2) is 4.65. The van der Waals surface area contributed by atoms with E-state index in [4.69, 9.17) is 14.2 Å². The largest absolute Gasteiger partial charge is 0.497 e. The number of cyclic esters (lactones) is 1. The third kappa shape index (κ3) is 2.12. The maximum atomic E-state index is 11.9. The molecule has 4 heteroatoms. The number of esters is 1. The van der Waals surface area contributed by atoms with E-state index in [0.29, 0.717) is 11.3 Å². The van der Waals surface area contributed by atoms with Crippen molar-refractivity contribution in [3.63, 3.8) is 0 Å². The lowest BCUT2D eigenvalue weighted by Crippen LogP contribution is -2.23. The maximum absolute atomic E-state index is 11.9. The summed E-state index contributed by atoms with van der Waals surface area (Å²) in [4.78, 5) is 11.9. The van der Waals surface area contributed by atoms with Crippen LogP contribution in [0.15, 0.2) is 48.5 Å². The number of hydrogen-bond donors (Lipinski definition) is 0. The summed E-state index contributed by atoms with van der Waals surface area (Å²) in [6, 6.07) is 14.3. The number of methoxy groups -OCH3 is 1. The highest BCUT2D eigenvalue weighted by atomic mass is 16.7. The summed E-state index contributed by atoms with van der Waals surface area (Å²) in [5.41, 5.74) is 1.22. The minimum absolute atomic E-state index is 0.373. The van der Waals surface area contributed by atoms with Crippen LogP contribution in [-0.2, 0) is 4.74 Å². The number of carbonyl (C=O) groups excluding carboxylic acids is 1. The summed E-state index contributed by atoms with van der Waals surface area (Å²) < 4.78 is 16.0. The third-order valence-electron chi connectivity index (χ3n) is 2.94. The van der Waals surface area contributed by atoms with Crippen LogP contribution in [0.4, 0.5) is 0 Å². The fraction of sp³-hybridized carbons (Fsp3) is 0.133. The molecule has 1 aliphatic rings. The van der Waals surface area contributed by atoms with Crippen LogP contribution in [0.5, 0.6) is 11.5 Å². The van der Waals surface area contributed by atoms with Gasteiger partial charge in [-0.05, 0) is 36.4 Å². The molecule has 0 aliphatic carbocycles. The Morgan fingerprint density at radius 1 is 1.00 bits per heavy atom. The van der Waals surface area contributed by atoms with E-state index in [9.17, 15) is 4.79 Å². The van der Waals surface area contributed by atoms with Gasteiger partial charge in [0.25, 0.3) is 6.29 Å². The van der Waals surface area contributed by atoms with Crippen molar-refractivity contribution in [1.82, 2.24) is 0 Å². The van der Waals surface area contributed by atoms with Gasteiger partial charge in [0, 0.05) is 5.56 Å². The number of carbonyl (C=O) groups is 1. The van der Waals surface area contributed by atoms with Crippen molar-refractivity contribution in [2.45, 2.75) is 6.29 Å². The number of ether oxygens (including phenoxy) is 3. The SMILES string of the molecule is COc1ccc(C2OC(=O)c3ccccc3O2)cc1. The van der Waals surface area contributed by atoms with E-state index in [-0.39, 0.29) is 5.97 Å². The average Bonchev–Trinajstić information content (AvgIpc) is 2.47. The van der Waals surface area contributed by atoms with Gasteiger partial charge in [-0.25, -0.2) is 4.79 Å². The first-order chi connectivity index (χ1) is 9.28. The molecule has 4 nitrogen and oxygen atoms in total. The Kier molecular flexibility index (Phi) is 2.83. The van der Waals surface area contributed by atoms with Gasteiger partial charge >= 0.3 is 5.97 Å². The van der Waals surface area contributed by atoms with Crippen LogP contribution in [0, 0.1) is 0 Å². The molecular weight excluding hydrogens is 244 g/mol. The molecule has 96 valence electrons. The standard InChI is InChI=1S/C15H12O4/c1-17-11-8-6-10(7-9-11)15-18-13-5-3-2-4-12(13)14(16)19-15/h2-9,15H,1H3. The highest BCUT2D eigenvalue weighted by Gasteiger charge is 2.28. The number of fused-ring (bicyclic) bond motifs is 1. The third-order valence-corrected chi connectivity index (χ3v) is 2.94. The van der Waals surface area contributed by atoms with Crippen LogP contribution < -0.4 is 9.47 Å². The molecule has 2 aromatic rings. The van der Waals surface area contributed by atoms with E-state index in [1.165, 1.54) is 0 Å². The van der Waals surface area contributed by atoms with Gasteiger partial charge in [0.15, 0.2) is 0 Å². The number of para-hydroxylation sites is 1. The van der Waals surface area contributed by atoms with Gasteiger partial charge < -0.3 is 14.2 Å². The molecule has 0 aromatic heterocycles. The highest BCUT2D eigenvalue weighted by molar-refractivity contribution is 5.93. The Morgan fingerprint density at radius 3 is 2.47 bits per heavy atom. The molecule has 1 heterocycles. The van der Waals surface area contributed by atoms with Gasteiger partial charge in [0.2, 0.25) is 0 Å². The van der Waals surface area contributed by atoms with Gasteiger partial charge in [-0.1, -0.05) is 12.1 Å². The first-order valence-corrected chi connectivity index (χ1v) is 5.88. The van der Waals surface area contributed by atoms with Crippen molar-refractivity contribution in [3.05, 3.63) is 59.7 Å². The highest BCUT2D eigenvalue weighted by Crippen LogP contribution is 2.33. The molecule has 0 N–H and O–H groups in total. The first kappa shape index (κ1) is 11.6. The smallest absolute Gasteiger partial charge is 0.345 e. The Bertz CT molecular complexity index is 604. The lowest BCUT2D eigenvalue weighted by atomic mass is 10.1. The van der Waals surface area contributed by atoms with Crippen molar-refractivity contribution in [2.75, 3.05) is 7.11 Å². The molecule has 2 aromatic carbocycles. The maximum Gasteiger partial charge on any atom is 0.345 e. The molecule has 0 saturated heterocycles. The fourth-order valence-electron chi connectivity index (χ4n) is 1.94. The fourth-order valence-corrected chi connectivity index (χ4v) is 1.94. The molecular formula is C15H12O4. The minimum atomic E-state index is -0.715. The lowest BCUT2D eigenvalue weighted by Gasteiger charge is -2.25. The Hall–Kier alpha value is -2.49. The zero-order chi connectivity index (χ0) is 13.2. The molecule has 3 rings (SSSR count). The Morgan fingerprint density at radius 2 is 1.74 bits per heavy atom. The normalized spacial score (nSPS) is 17.1. The van der Waals surface area contributed by atoms with E-state index in [1.807, 2.05) is 18.2 Å². The first-order valence-electron chi connectivity index (χ1n) is 5.88. The van der Waals surface area contributed by atoms with Gasteiger partial charge in [-0.2, -0.15) is 0 Å². The summed E-state index contributed by atoms with van der Waals surface area (Å²) in [5.74, 6) is 0.911.